The van der Waals surface area contributed by atoms with Crippen LogP contribution in [-0.4, -0.2) is 25.2 Å². The molecule has 0 saturated carbocycles. The molecule has 1 amide bonds. The van der Waals surface area contributed by atoms with Gasteiger partial charge in [-0.05, 0) is 43.0 Å². The van der Waals surface area contributed by atoms with Crippen molar-refractivity contribution in [3.05, 3.63) is 60.2 Å². The van der Waals surface area contributed by atoms with Gasteiger partial charge in [-0.25, -0.2) is 9.59 Å². The molecular formula is C19H21NO4. The van der Waals surface area contributed by atoms with E-state index in [1.165, 1.54) is 5.57 Å². The standard InChI is InChI=1S/C19H21NO4/c1-14(2)18(21)23-13-12-20-19(22)24-17-10-8-16(9-11-17)15-6-4-3-5-7-15/h4,6-11H,1,3,5,12-13H2,2H3,(H,20,22). The van der Waals surface area contributed by atoms with Crippen molar-refractivity contribution in [3.8, 4) is 5.75 Å². The van der Waals surface area contributed by atoms with Crippen molar-refractivity contribution in [2.75, 3.05) is 13.2 Å². The van der Waals surface area contributed by atoms with Crippen LogP contribution in [0.3, 0.4) is 0 Å². The molecule has 0 heterocycles. The molecule has 2 rings (SSSR count). The van der Waals surface area contributed by atoms with Gasteiger partial charge in [-0.15, -0.1) is 0 Å². The quantitative estimate of drug-likeness (QED) is 0.492. The largest absolute Gasteiger partial charge is 0.460 e. The lowest BCUT2D eigenvalue weighted by Gasteiger charge is -2.09. The van der Waals surface area contributed by atoms with Crippen LogP contribution in [-0.2, 0) is 9.53 Å². The molecule has 0 radical (unpaired) electrons. The van der Waals surface area contributed by atoms with Crippen LogP contribution in [0.2, 0.25) is 0 Å². The van der Waals surface area contributed by atoms with E-state index >= 15 is 0 Å². The number of nitrogens with one attached hydrogen (secondary N) is 1. The summed E-state index contributed by atoms with van der Waals surface area (Å²) in [6.45, 7) is 5.28. The Morgan fingerprint density at radius 3 is 2.58 bits per heavy atom. The molecule has 126 valence electrons. The van der Waals surface area contributed by atoms with E-state index in [2.05, 4.69) is 30.1 Å². The molecule has 0 bridgehead atoms. The number of benzene rings is 1. The second-order valence-electron chi connectivity index (χ2n) is 5.40. The molecule has 1 aliphatic carbocycles. The zero-order valence-corrected chi connectivity index (χ0v) is 13.7. The number of carbonyl (C=O) groups excluding carboxylic acids is 2. The van der Waals surface area contributed by atoms with Crippen LogP contribution >= 0.6 is 0 Å². The van der Waals surface area contributed by atoms with Gasteiger partial charge >= 0.3 is 12.1 Å². The van der Waals surface area contributed by atoms with Crippen molar-refractivity contribution in [2.24, 2.45) is 0 Å². The monoisotopic (exact) mass is 327 g/mol. The van der Waals surface area contributed by atoms with E-state index in [1.807, 2.05) is 12.1 Å². The van der Waals surface area contributed by atoms with Gasteiger partial charge in [-0.3, -0.25) is 0 Å². The molecule has 0 fully saturated rings. The average molecular weight is 327 g/mol. The molecule has 0 unspecified atom stereocenters. The maximum Gasteiger partial charge on any atom is 0.412 e. The lowest BCUT2D eigenvalue weighted by atomic mass is 10.00. The highest BCUT2D eigenvalue weighted by atomic mass is 16.6. The van der Waals surface area contributed by atoms with E-state index in [4.69, 9.17) is 9.47 Å². The van der Waals surface area contributed by atoms with Gasteiger partial charge in [-0.1, -0.05) is 36.9 Å². The van der Waals surface area contributed by atoms with Crippen LogP contribution < -0.4 is 10.1 Å². The average Bonchev–Trinajstić information content (AvgIpc) is 2.60. The summed E-state index contributed by atoms with van der Waals surface area (Å²) in [5.41, 5.74) is 2.59. The van der Waals surface area contributed by atoms with Gasteiger partial charge in [0, 0.05) is 5.57 Å². The second kappa shape index (κ2) is 8.72. The lowest BCUT2D eigenvalue weighted by molar-refractivity contribution is -0.138. The number of allylic oxidation sites excluding steroid dienone is 4. The van der Waals surface area contributed by atoms with Gasteiger partial charge in [0.05, 0.1) is 6.54 Å². The Morgan fingerprint density at radius 2 is 1.96 bits per heavy atom. The third-order valence-electron chi connectivity index (χ3n) is 3.35. The first kappa shape index (κ1) is 17.5. The fourth-order valence-electron chi connectivity index (χ4n) is 2.11. The molecule has 24 heavy (non-hydrogen) atoms. The molecule has 1 N–H and O–H groups in total. The van der Waals surface area contributed by atoms with Gasteiger partial charge in [0.15, 0.2) is 0 Å². The summed E-state index contributed by atoms with van der Waals surface area (Å²) in [4.78, 5) is 22.8. The minimum atomic E-state index is -0.592. The molecule has 0 saturated heterocycles. The normalized spacial score (nSPS) is 13.0. The summed E-state index contributed by atoms with van der Waals surface area (Å²) >= 11 is 0. The summed E-state index contributed by atoms with van der Waals surface area (Å²) in [5.74, 6) is -0.0256. The molecule has 1 aromatic rings. The van der Waals surface area contributed by atoms with E-state index < -0.39 is 12.1 Å². The molecular weight excluding hydrogens is 306 g/mol. The first-order valence-electron chi connectivity index (χ1n) is 7.81. The van der Waals surface area contributed by atoms with Gasteiger partial charge in [0.1, 0.15) is 12.4 Å². The van der Waals surface area contributed by atoms with E-state index in [1.54, 1.807) is 19.1 Å². The second-order valence-corrected chi connectivity index (χ2v) is 5.40. The lowest BCUT2D eigenvalue weighted by Crippen LogP contribution is -2.30. The Kier molecular flexibility index (Phi) is 6.37. The Bertz CT molecular complexity index is 671. The van der Waals surface area contributed by atoms with Crippen LogP contribution in [0.15, 0.2) is 54.6 Å². The minimum Gasteiger partial charge on any atom is -0.460 e. The fraction of sp³-hybridized carbons (Fsp3) is 0.263. The van der Waals surface area contributed by atoms with Crippen molar-refractivity contribution in [1.29, 1.82) is 0 Å². The third kappa shape index (κ3) is 5.43. The number of esters is 1. The summed E-state index contributed by atoms with van der Waals surface area (Å²) in [7, 11) is 0. The molecule has 1 aliphatic rings. The Labute approximate surface area is 141 Å². The zero-order chi connectivity index (χ0) is 17.4. The van der Waals surface area contributed by atoms with Gasteiger partial charge in [0.2, 0.25) is 0 Å². The minimum absolute atomic E-state index is 0.0697. The smallest absolute Gasteiger partial charge is 0.412 e. The number of hydrogen-bond acceptors (Lipinski definition) is 4. The molecule has 0 spiro atoms. The molecule has 0 atom stereocenters. The predicted molar refractivity (Wildman–Crippen MR) is 92.6 cm³/mol. The fourth-order valence-corrected chi connectivity index (χ4v) is 2.11. The SMILES string of the molecule is C=C(C)C(=O)OCCNC(=O)Oc1ccc(C2=CCCC=C2)cc1. The number of ether oxygens (including phenoxy) is 2. The van der Waals surface area contributed by atoms with Gasteiger partial charge < -0.3 is 14.8 Å². The highest BCUT2D eigenvalue weighted by Gasteiger charge is 2.07. The van der Waals surface area contributed by atoms with Crippen LogP contribution in [0.25, 0.3) is 5.57 Å². The maximum absolute atomic E-state index is 11.7. The van der Waals surface area contributed by atoms with Gasteiger partial charge in [-0.2, -0.15) is 0 Å². The van der Waals surface area contributed by atoms with Crippen molar-refractivity contribution in [1.82, 2.24) is 5.32 Å². The van der Waals surface area contributed by atoms with Crippen molar-refractivity contribution in [3.63, 3.8) is 0 Å². The van der Waals surface area contributed by atoms with Crippen molar-refractivity contribution >= 4 is 17.6 Å². The number of rotatable bonds is 6. The Morgan fingerprint density at radius 1 is 1.21 bits per heavy atom. The van der Waals surface area contributed by atoms with Crippen LogP contribution in [0, 0.1) is 0 Å². The molecule has 0 aliphatic heterocycles. The van der Waals surface area contributed by atoms with E-state index in [9.17, 15) is 9.59 Å². The summed E-state index contributed by atoms with van der Waals surface area (Å²) in [6.07, 6.45) is 7.96. The van der Waals surface area contributed by atoms with Crippen LogP contribution in [0.4, 0.5) is 4.79 Å². The highest BCUT2D eigenvalue weighted by molar-refractivity contribution is 5.86. The van der Waals surface area contributed by atoms with Crippen molar-refractivity contribution < 1.29 is 19.1 Å². The topological polar surface area (TPSA) is 64.6 Å². The highest BCUT2D eigenvalue weighted by Crippen LogP contribution is 2.23. The first-order valence-corrected chi connectivity index (χ1v) is 7.81. The van der Waals surface area contributed by atoms with Crippen LogP contribution in [0.1, 0.15) is 25.3 Å². The molecule has 5 nitrogen and oxygen atoms in total. The molecule has 1 aromatic carbocycles. The van der Waals surface area contributed by atoms with E-state index in [-0.39, 0.29) is 13.2 Å². The van der Waals surface area contributed by atoms with Crippen LogP contribution in [0.5, 0.6) is 5.75 Å². The molecule has 0 aromatic heterocycles. The zero-order valence-electron chi connectivity index (χ0n) is 13.7. The number of amides is 1. The van der Waals surface area contributed by atoms with Crippen molar-refractivity contribution in [2.45, 2.75) is 19.8 Å². The maximum atomic E-state index is 11.7. The molecule has 5 heteroatoms. The van der Waals surface area contributed by atoms with E-state index in [0.29, 0.717) is 11.3 Å². The predicted octanol–water partition coefficient (Wildman–Crippen LogP) is 3.63. The number of carbonyl (C=O) groups is 2. The summed E-state index contributed by atoms with van der Waals surface area (Å²) < 4.78 is 10.0. The Hall–Kier alpha value is -2.82. The first-order chi connectivity index (χ1) is 11.6. The van der Waals surface area contributed by atoms with E-state index in [0.717, 1.165) is 18.4 Å². The van der Waals surface area contributed by atoms with Gasteiger partial charge in [0.25, 0.3) is 0 Å². The Balaban J connectivity index is 1.76. The number of hydrogen-bond donors (Lipinski definition) is 1. The summed E-state index contributed by atoms with van der Waals surface area (Å²) in [5, 5.41) is 2.51. The third-order valence-corrected chi connectivity index (χ3v) is 3.35. The summed E-state index contributed by atoms with van der Waals surface area (Å²) in [6, 6.07) is 7.33.